The number of halogens is 1. The first-order chi connectivity index (χ1) is 12.5. The minimum Gasteiger partial charge on any atom is -0.376 e. The fourth-order valence-electron chi connectivity index (χ4n) is 3.26. The molecule has 1 aliphatic rings. The summed E-state index contributed by atoms with van der Waals surface area (Å²) in [7, 11) is -3.45. The van der Waals surface area contributed by atoms with E-state index in [4.69, 9.17) is 4.74 Å². The molecule has 2 aromatic carbocycles. The molecule has 4 nitrogen and oxygen atoms in total. The molecule has 3 rings (SSSR count). The Morgan fingerprint density at radius 2 is 1.85 bits per heavy atom. The van der Waals surface area contributed by atoms with Gasteiger partial charge in [-0.1, -0.05) is 42.5 Å². The standard InChI is InChI=1S/C20H24FNO3S/c21-20-10-4-8-18(12-20)16-26(23,24)22-11-5-9-19(13-22)15-25-14-17-6-2-1-3-7-17/h1-4,6-8,10,12,19H,5,9,11,13-16H2. The molecule has 6 heteroatoms. The molecule has 0 radical (unpaired) electrons. The van der Waals surface area contributed by atoms with Crippen molar-refractivity contribution in [2.24, 2.45) is 5.92 Å². The Bertz CT molecular complexity index is 811. The van der Waals surface area contributed by atoms with Crippen molar-refractivity contribution in [1.82, 2.24) is 4.31 Å². The van der Waals surface area contributed by atoms with Crippen LogP contribution in [0.3, 0.4) is 0 Å². The monoisotopic (exact) mass is 377 g/mol. The highest BCUT2D eigenvalue weighted by molar-refractivity contribution is 7.88. The molecular weight excluding hydrogens is 353 g/mol. The lowest BCUT2D eigenvalue weighted by atomic mass is 10.0. The summed E-state index contributed by atoms with van der Waals surface area (Å²) in [5.74, 6) is -0.388. The summed E-state index contributed by atoms with van der Waals surface area (Å²) in [5, 5.41) is 0. The molecule has 1 fully saturated rings. The van der Waals surface area contributed by atoms with Crippen molar-refractivity contribution in [1.29, 1.82) is 0 Å². The Labute approximate surface area is 154 Å². The SMILES string of the molecule is O=S(=O)(Cc1cccc(F)c1)N1CCCC(COCc2ccccc2)C1. The maximum absolute atomic E-state index is 13.3. The Morgan fingerprint density at radius 1 is 1.08 bits per heavy atom. The second-order valence-corrected chi connectivity index (χ2v) is 8.72. The molecule has 26 heavy (non-hydrogen) atoms. The highest BCUT2D eigenvalue weighted by atomic mass is 32.2. The van der Waals surface area contributed by atoms with E-state index in [2.05, 4.69) is 0 Å². The largest absolute Gasteiger partial charge is 0.376 e. The van der Waals surface area contributed by atoms with Crippen molar-refractivity contribution >= 4 is 10.0 Å². The van der Waals surface area contributed by atoms with Gasteiger partial charge >= 0.3 is 0 Å². The van der Waals surface area contributed by atoms with E-state index in [0.29, 0.717) is 31.9 Å². The van der Waals surface area contributed by atoms with Gasteiger partial charge in [-0.3, -0.25) is 0 Å². The van der Waals surface area contributed by atoms with Crippen molar-refractivity contribution in [3.8, 4) is 0 Å². The lowest BCUT2D eigenvalue weighted by Gasteiger charge is -2.31. The number of ether oxygens (including phenoxy) is 1. The zero-order chi connectivity index (χ0) is 18.4. The van der Waals surface area contributed by atoms with Crippen LogP contribution in [-0.4, -0.2) is 32.4 Å². The van der Waals surface area contributed by atoms with E-state index < -0.39 is 15.8 Å². The number of nitrogens with zero attached hydrogens (tertiary/aromatic N) is 1. The lowest BCUT2D eigenvalue weighted by molar-refractivity contribution is 0.0672. The van der Waals surface area contributed by atoms with Crippen LogP contribution in [0, 0.1) is 11.7 Å². The smallest absolute Gasteiger partial charge is 0.218 e. The van der Waals surface area contributed by atoms with E-state index in [9.17, 15) is 12.8 Å². The van der Waals surface area contributed by atoms with Crippen LogP contribution in [0.2, 0.25) is 0 Å². The summed E-state index contributed by atoms with van der Waals surface area (Å²) >= 11 is 0. The molecule has 0 aromatic heterocycles. The minimum atomic E-state index is -3.45. The fraction of sp³-hybridized carbons (Fsp3) is 0.400. The summed E-state index contributed by atoms with van der Waals surface area (Å²) in [6.45, 7) is 2.06. The third kappa shape index (κ3) is 5.37. The molecule has 1 atom stereocenters. The zero-order valence-corrected chi connectivity index (χ0v) is 15.5. The molecule has 1 aliphatic heterocycles. The van der Waals surface area contributed by atoms with Crippen molar-refractivity contribution in [3.63, 3.8) is 0 Å². The van der Waals surface area contributed by atoms with Crippen LogP contribution in [0.1, 0.15) is 24.0 Å². The van der Waals surface area contributed by atoms with Crippen LogP contribution in [-0.2, 0) is 27.1 Å². The summed E-state index contributed by atoms with van der Waals surface area (Å²) in [4.78, 5) is 0. The Hall–Kier alpha value is -1.76. The number of rotatable bonds is 7. The van der Waals surface area contributed by atoms with Crippen LogP contribution < -0.4 is 0 Å². The van der Waals surface area contributed by atoms with E-state index in [1.807, 2.05) is 30.3 Å². The maximum atomic E-state index is 13.3. The molecular formula is C20H24FNO3S. The highest BCUT2D eigenvalue weighted by Gasteiger charge is 2.29. The molecule has 0 saturated carbocycles. The van der Waals surface area contributed by atoms with Crippen LogP contribution in [0.4, 0.5) is 4.39 Å². The van der Waals surface area contributed by atoms with E-state index in [1.54, 1.807) is 6.07 Å². The third-order valence-corrected chi connectivity index (χ3v) is 6.39. The van der Waals surface area contributed by atoms with Gasteiger partial charge in [-0.2, -0.15) is 0 Å². The van der Waals surface area contributed by atoms with Crippen molar-refractivity contribution < 1.29 is 17.5 Å². The van der Waals surface area contributed by atoms with Gasteiger partial charge in [-0.15, -0.1) is 0 Å². The topological polar surface area (TPSA) is 46.6 Å². The average molecular weight is 377 g/mol. The quantitative estimate of drug-likeness (QED) is 0.741. The fourth-order valence-corrected chi connectivity index (χ4v) is 4.89. The molecule has 0 N–H and O–H groups in total. The van der Waals surface area contributed by atoms with Gasteiger partial charge < -0.3 is 4.74 Å². The molecule has 0 aliphatic carbocycles. The van der Waals surface area contributed by atoms with Gasteiger partial charge in [-0.05, 0) is 42.0 Å². The Kier molecular flexibility index (Phi) is 6.40. The van der Waals surface area contributed by atoms with Crippen LogP contribution in [0.5, 0.6) is 0 Å². The molecule has 0 bridgehead atoms. The van der Waals surface area contributed by atoms with E-state index in [1.165, 1.54) is 22.5 Å². The molecule has 1 unspecified atom stereocenters. The third-order valence-electron chi connectivity index (χ3n) is 4.58. The van der Waals surface area contributed by atoms with Gasteiger partial charge in [0.1, 0.15) is 5.82 Å². The highest BCUT2D eigenvalue weighted by Crippen LogP contribution is 2.22. The van der Waals surface area contributed by atoms with Gasteiger partial charge in [0.05, 0.1) is 19.0 Å². The number of piperidine rings is 1. The predicted molar refractivity (Wildman–Crippen MR) is 99.4 cm³/mol. The van der Waals surface area contributed by atoms with Crippen molar-refractivity contribution in [2.45, 2.75) is 25.2 Å². The van der Waals surface area contributed by atoms with Crippen LogP contribution >= 0.6 is 0 Å². The zero-order valence-electron chi connectivity index (χ0n) is 14.7. The number of hydrogen-bond acceptors (Lipinski definition) is 3. The summed E-state index contributed by atoms with van der Waals surface area (Å²) in [6, 6.07) is 15.7. The van der Waals surface area contributed by atoms with Gasteiger partial charge in [0.2, 0.25) is 10.0 Å². The summed E-state index contributed by atoms with van der Waals surface area (Å²) < 4.78 is 45.9. The van der Waals surface area contributed by atoms with Crippen molar-refractivity contribution in [2.75, 3.05) is 19.7 Å². The first-order valence-corrected chi connectivity index (χ1v) is 10.5. The number of benzene rings is 2. The van der Waals surface area contributed by atoms with Gasteiger partial charge in [0.15, 0.2) is 0 Å². The van der Waals surface area contributed by atoms with E-state index in [-0.39, 0.29) is 11.7 Å². The number of hydrogen-bond donors (Lipinski definition) is 0. The molecule has 2 aromatic rings. The first kappa shape index (κ1) is 19.0. The molecule has 0 spiro atoms. The normalized spacial score (nSPS) is 18.7. The Morgan fingerprint density at radius 3 is 2.62 bits per heavy atom. The van der Waals surface area contributed by atoms with Crippen LogP contribution in [0.25, 0.3) is 0 Å². The van der Waals surface area contributed by atoms with Crippen LogP contribution in [0.15, 0.2) is 54.6 Å². The molecule has 140 valence electrons. The van der Waals surface area contributed by atoms with E-state index >= 15 is 0 Å². The maximum Gasteiger partial charge on any atom is 0.218 e. The molecule has 0 amide bonds. The summed E-state index contributed by atoms with van der Waals surface area (Å²) in [6.07, 6.45) is 1.78. The summed E-state index contributed by atoms with van der Waals surface area (Å²) in [5.41, 5.74) is 1.59. The molecule has 1 heterocycles. The Balaban J connectivity index is 1.53. The minimum absolute atomic E-state index is 0.164. The lowest BCUT2D eigenvalue weighted by Crippen LogP contribution is -2.41. The van der Waals surface area contributed by atoms with Gasteiger partial charge in [-0.25, -0.2) is 17.1 Å². The van der Waals surface area contributed by atoms with Gasteiger partial charge in [0.25, 0.3) is 0 Å². The molecule has 1 saturated heterocycles. The average Bonchev–Trinajstić information content (AvgIpc) is 2.63. The van der Waals surface area contributed by atoms with Crippen molar-refractivity contribution in [3.05, 3.63) is 71.5 Å². The number of sulfonamides is 1. The first-order valence-electron chi connectivity index (χ1n) is 8.87. The second kappa shape index (κ2) is 8.75. The van der Waals surface area contributed by atoms with E-state index in [0.717, 1.165) is 18.4 Å². The van der Waals surface area contributed by atoms with Gasteiger partial charge in [0, 0.05) is 13.1 Å². The predicted octanol–water partition coefficient (Wildman–Crippen LogP) is 3.58. The second-order valence-electron chi connectivity index (χ2n) is 6.75.